The van der Waals surface area contributed by atoms with Crippen molar-refractivity contribution < 1.29 is 24.0 Å². The second kappa shape index (κ2) is 7.90. The Balaban J connectivity index is 4.34. The lowest BCUT2D eigenvalue weighted by Crippen LogP contribution is -2.26. The van der Waals surface area contributed by atoms with E-state index in [1.165, 1.54) is 7.11 Å². The first-order valence-corrected chi connectivity index (χ1v) is 4.86. The summed E-state index contributed by atoms with van der Waals surface area (Å²) in [5.41, 5.74) is 0.158. The van der Waals surface area contributed by atoms with E-state index < -0.39 is 12.1 Å². The van der Waals surface area contributed by atoms with Crippen LogP contribution < -0.4 is 0 Å². The Morgan fingerprint density at radius 3 is 2.38 bits per heavy atom. The van der Waals surface area contributed by atoms with Crippen LogP contribution in [0.2, 0.25) is 0 Å². The van der Waals surface area contributed by atoms with Crippen LogP contribution in [0, 0.1) is 0 Å². The molecule has 0 heterocycles. The fourth-order valence-corrected chi connectivity index (χ4v) is 0.904. The predicted molar refractivity (Wildman–Crippen MR) is 58.4 cm³/mol. The number of methoxy groups -OCH3 is 1. The zero-order valence-corrected chi connectivity index (χ0v) is 9.95. The van der Waals surface area contributed by atoms with E-state index >= 15 is 0 Å². The van der Waals surface area contributed by atoms with Gasteiger partial charge in [0.25, 0.3) is 0 Å². The molecule has 0 aliphatic heterocycles. The Morgan fingerprint density at radius 1 is 1.31 bits per heavy atom. The van der Waals surface area contributed by atoms with Gasteiger partial charge in [0.05, 0.1) is 25.0 Å². The topological polar surface area (TPSA) is 54.0 Å². The van der Waals surface area contributed by atoms with Gasteiger partial charge in [-0.05, 0) is 13.8 Å². The van der Waals surface area contributed by atoms with Crippen LogP contribution in [0.4, 0.5) is 0 Å². The van der Waals surface area contributed by atoms with Gasteiger partial charge in [0.1, 0.15) is 6.61 Å². The molecule has 0 saturated heterocycles. The molecular formula is C11H18O5. The summed E-state index contributed by atoms with van der Waals surface area (Å²) in [6.45, 7) is 11.1. The molecule has 0 spiro atoms. The first-order chi connectivity index (χ1) is 7.52. The molecule has 5 heteroatoms. The van der Waals surface area contributed by atoms with E-state index in [-0.39, 0.29) is 12.2 Å². The zero-order valence-electron chi connectivity index (χ0n) is 9.95. The summed E-state index contributed by atoms with van der Waals surface area (Å²) < 4.78 is 9.82. The number of esters is 1. The highest BCUT2D eigenvalue weighted by molar-refractivity contribution is 5.88. The second-order valence-electron chi connectivity index (χ2n) is 3.02. The molecule has 16 heavy (non-hydrogen) atoms. The van der Waals surface area contributed by atoms with Crippen LogP contribution >= 0.6 is 0 Å². The van der Waals surface area contributed by atoms with Gasteiger partial charge in [0.15, 0.2) is 6.10 Å². The minimum atomic E-state index is -0.656. The van der Waals surface area contributed by atoms with E-state index in [2.05, 4.69) is 17.9 Å². The largest absolute Gasteiger partial charge is 0.488 e. The number of hydrogen-bond donors (Lipinski definition) is 0. The molecule has 1 atom stereocenters. The van der Waals surface area contributed by atoms with Gasteiger partial charge in [0, 0.05) is 0 Å². The summed E-state index contributed by atoms with van der Waals surface area (Å²) in [6.07, 6.45) is -0.656. The van der Waals surface area contributed by atoms with Crippen LogP contribution in [-0.4, -0.2) is 32.4 Å². The van der Waals surface area contributed by atoms with Gasteiger partial charge >= 0.3 is 5.97 Å². The van der Waals surface area contributed by atoms with Gasteiger partial charge in [-0.15, -0.1) is 0 Å². The lowest BCUT2D eigenvalue weighted by Gasteiger charge is -2.19. The highest BCUT2D eigenvalue weighted by atomic mass is 17.2. The molecule has 0 aromatic heterocycles. The number of carbonyl (C=O) groups excluding carboxylic acids is 1. The lowest BCUT2D eigenvalue weighted by molar-refractivity contribution is -0.300. The second-order valence-corrected chi connectivity index (χ2v) is 3.02. The van der Waals surface area contributed by atoms with Crippen molar-refractivity contribution in [1.29, 1.82) is 0 Å². The van der Waals surface area contributed by atoms with Crippen molar-refractivity contribution in [3.63, 3.8) is 0 Å². The van der Waals surface area contributed by atoms with Gasteiger partial charge in [0.2, 0.25) is 0 Å². The quantitative estimate of drug-likeness (QED) is 0.158. The molecular weight excluding hydrogens is 212 g/mol. The maximum atomic E-state index is 11.2. The monoisotopic (exact) mass is 230 g/mol. The Bertz CT molecular complexity index is 259. The molecule has 0 radical (unpaired) electrons. The molecule has 0 aliphatic carbocycles. The first-order valence-electron chi connectivity index (χ1n) is 4.86. The predicted octanol–water partition coefficient (Wildman–Crippen LogP) is 1.60. The summed E-state index contributed by atoms with van der Waals surface area (Å²) >= 11 is 0. The van der Waals surface area contributed by atoms with Gasteiger partial charge in [-0.1, -0.05) is 13.2 Å². The third-order valence-corrected chi connectivity index (χ3v) is 1.60. The molecule has 0 aromatic carbocycles. The molecule has 5 nitrogen and oxygen atoms in total. The van der Waals surface area contributed by atoms with Crippen molar-refractivity contribution >= 4 is 5.97 Å². The van der Waals surface area contributed by atoms with Gasteiger partial charge < -0.3 is 9.47 Å². The summed E-state index contributed by atoms with van der Waals surface area (Å²) in [6, 6.07) is 0. The fraction of sp³-hybridized carbons (Fsp3) is 0.545. The van der Waals surface area contributed by atoms with Crippen molar-refractivity contribution in [2.24, 2.45) is 0 Å². The van der Waals surface area contributed by atoms with Crippen LogP contribution in [0.5, 0.6) is 0 Å². The van der Waals surface area contributed by atoms with Crippen molar-refractivity contribution in [3.8, 4) is 0 Å². The minimum absolute atomic E-state index is 0.0502. The van der Waals surface area contributed by atoms with E-state index in [0.717, 1.165) is 0 Å². The Morgan fingerprint density at radius 2 is 1.94 bits per heavy atom. The highest BCUT2D eigenvalue weighted by Gasteiger charge is 2.22. The van der Waals surface area contributed by atoms with Crippen LogP contribution in [0.3, 0.4) is 0 Å². The number of ether oxygens (including phenoxy) is 2. The molecule has 0 bridgehead atoms. The maximum absolute atomic E-state index is 11.2. The average molecular weight is 230 g/mol. The third kappa shape index (κ3) is 5.53. The standard InChI is InChI=1S/C11H18O5/c1-6-14-15-7-10(16-8(2)3)9(4)11(12)13-5/h10H,2,4,6-7H2,1,3,5H3. The Hall–Kier alpha value is -1.33. The molecule has 0 fully saturated rings. The molecule has 0 aromatic rings. The summed E-state index contributed by atoms with van der Waals surface area (Å²) in [5, 5.41) is 0. The van der Waals surface area contributed by atoms with Crippen molar-refractivity contribution in [1.82, 2.24) is 0 Å². The molecule has 0 aliphatic rings. The summed E-state index contributed by atoms with van der Waals surface area (Å²) in [5.74, 6) is -0.0958. The molecule has 0 rings (SSSR count). The van der Waals surface area contributed by atoms with Crippen molar-refractivity contribution in [2.45, 2.75) is 20.0 Å². The number of rotatable bonds is 8. The van der Waals surface area contributed by atoms with Gasteiger partial charge in [-0.3, -0.25) is 0 Å². The van der Waals surface area contributed by atoms with E-state index in [1.54, 1.807) is 13.8 Å². The van der Waals surface area contributed by atoms with Crippen LogP contribution in [-0.2, 0) is 24.0 Å². The molecule has 1 unspecified atom stereocenters. The Labute approximate surface area is 95.6 Å². The van der Waals surface area contributed by atoms with Crippen LogP contribution in [0.1, 0.15) is 13.8 Å². The van der Waals surface area contributed by atoms with Crippen LogP contribution in [0.15, 0.2) is 24.5 Å². The minimum Gasteiger partial charge on any atom is -0.488 e. The van der Waals surface area contributed by atoms with E-state index in [9.17, 15) is 4.79 Å². The lowest BCUT2D eigenvalue weighted by atomic mass is 10.2. The maximum Gasteiger partial charge on any atom is 0.336 e. The normalized spacial score (nSPS) is 11.7. The Kier molecular flexibility index (Phi) is 7.24. The van der Waals surface area contributed by atoms with Crippen LogP contribution in [0.25, 0.3) is 0 Å². The van der Waals surface area contributed by atoms with Gasteiger partial charge in [-0.25, -0.2) is 14.6 Å². The highest BCUT2D eigenvalue weighted by Crippen LogP contribution is 2.11. The van der Waals surface area contributed by atoms with E-state index in [4.69, 9.17) is 14.5 Å². The first kappa shape index (κ1) is 14.7. The fourth-order valence-electron chi connectivity index (χ4n) is 0.904. The molecule has 92 valence electrons. The number of hydrogen-bond acceptors (Lipinski definition) is 5. The molecule has 0 N–H and O–H groups in total. The SMILES string of the molecule is C=C(C)OC(COOCC)C(=C)C(=O)OC. The summed E-state index contributed by atoms with van der Waals surface area (Å²) in [7, 11) is 1.27. The number of allylic oxidation sites excluding steroid dienone is 1. The third-order valence-electron chi connectivity index (χ3n) is 1.60. The molecule has 0 amide bonds. The zero-order chi connectivity index (χ0) is 12.6. The van der Waals surface area contributed by atoms with Gasteiger partial charge in [-0.2, -0.15) is 0 Å². The average Bonchev–Trinajstić information content (AvgIpc) is 2.25. The van der Waals surface area contributed by atoms with E-state index in [0.29, 0.717) is 12.4 Å². The van der Waals surface area contributed by atoms with Crippen molar-refractivity contribution in [2.75, 3.05) is 20.3 Å². The van der Waals surface area contributed by atoms with E-state index in [1.807, 2.05) is 0 Å². The smallest absolute Gasteiger partial charge is 0.336 e. The molecule has 0 saturated carbocycles. The summed E-state index contributed by atoms with van der Waals surface area (Å²) in [4.78, 5) is 20.8. The van der Waals surface area contributed by atoms with Crippen molar-refractivity contribution in [3.05, 3.63) is 24.5 Å². The number of carbonyl (C=O) groups is 1.